The number of ether oxygens (including phenoxy) is 2. The van der Waals surface area contributed by atoms with Crippen LogP contribution in [0.25, 0.3) is 0 Å². The molecule has 0 aliphatic carbocycles. The van der Waals surface area contributed by atoms with Crippen molar-refractivity contribution in [2.24, 2.45) is 0 Å². The lowest BCUT2D eigenvalue weighted by Gasteiger charge is -2.22. The first-order valence-electron chi connectivity index (χ1n) is 9.82. The van der Waals surface area contributed by atoms with E-state index < -0.39 is 29.8 Å². The Labute approximate surface area is 176 Å². The van der Waals surface area contributed by atoms with E-state index in [-0.39, 0.29) is 5.56 Å². The first-order valence-corrected chi connectivity index (χ1v) is 9.82. The minimum atomic E-state index is -1.22. The molecule has 0 saturated carbocycles. The number of ketones is 1. The molecule has 1 atom stereocenters. The van der Waals surface area contributed by atoms with Crippen LogP contribution in [0.3, 0.4) is 0 Å². The molecule has 7 nitrogen and oxygen atoms in total. The molecule has 0 spiro atoms. The fourth-order valence-corrected chi connectivity index (χ4v) is 3.59. The zero-order valence-electron chi connectivity index (χ0n) is 17.7. The van der Waals surface area contributed by atoms with Crippen molar-refractivity contribution >= 4 is 17.7 Å². The predicted octanol–water partition coefficient (Wildman–Crippen LogP) is 3.31. The highest BCUT2D eigenvalue weighted by molar-refractivity contribution is 6.11. The van der Waals surface area contributed by atoms with Gasteiger partial charge in [-0.25, -0.2) is 4.79 Å². The third-order valence-electron chi connectivity index (χ3n) is 5.35. The van der Waals surface area contributed by atoms with Crippen LogP contribution in [-0.4, -0.2) is 43.4 Å². The predicted molar refractivity (Wildman–Crippen MR) is 112 cm³/mol. The van der Waals surface area contributed by atoms with Crippen molar-refractivity contribution in [2.45, 2.75) is 32.2 Å². The Kier molecular flexibility index (Phi) is 6.10. The Hall–Kier alpha value is -3.35. The number of nitrogens with zero attached hydrogens (tertiary/aromatic N) is 1. The van der Waals surface area contributed by atoms with Crippen molar-refractivity contribution in [1.29, 1.82) is 0 Å². The second-order valence-corrected chi connectivity index (χ2v) is 7.38. The topological polar surface area (TPSA) is 84.9 Å². The Bertz CT molecular complexity index is 970. The number of urea groups is 1. The number of hydrogen-bond acceptors (Lipinski definition) is 5. The van der Waals surface area contributed by atoms with Gasteiger partial charge in [0.05, 0.1) is 26.3 Å². The van der Waals surface area contributed by atoms with Gasteiger partial charge in [0.1, 0.15) is 17.0 Å². The summed E-state index contributed by atoms with van der Waals surface area (Å²) >= 11 is 0. The summed E-state index contributed by atoms with van der Waals surface area (Å²) in [4.78, 5) is 39.5. The molecule has 7 heteroatoms. The van der Waals surface area contributed by atoms with Crippen LogP contribution in [0, 0.1) is 0 Å². The second kappa shape index (κ2) is 8.57. The van der Waals surface area contributed by atoms with Crippen LogP contribution in [0.4, 0.5) is 4.79 Å². The minimum Gasteiger partial charge on any atom is -0.497 e. The van der Waals surface area contributed by atoms with Gasteiger partial charge < -0.3 is 14.8 Å². The van der Waals surface area contributed by atoms with E-state index >= 15 is 0 Å². The molecule has 1 saturated heterocycles. The van der Waals surface area contributed by atoms with Crippen molar-refractivity contribution < 1.29 is 23.9 Å². The molecule has 30 heavy (non-hydrogen) atoms. The van der Waals surface area contributed by atoms with E-state index in [9.17, 15) is 14.4 Å². The van der Waals surface area contributed by atoms with Crippen molar-refractivity contribution in [3.63, 3.8) is 0 Å². The highest BCUT2D eigenvalue weighted by atomic mass is 16.5. The number of nitrogens with one attached hydrogen (secondary N) is 1. The molecular weight excluding hydrogens is 384 g/mol. The summed E-state index contributed by atoms with van der Waals surface area (Å²) in [7, 11) is 2.94. The molecule has 2 aromatic carbocycles. The number of aryl methyl sites for hydroxylation is 1. The van der Waals surface area contributed by atoms with Crippen LogP contribution >= 0.6 is 0 Å². The maximum atomic E-state index is 13.1. The van der Waals surface area contributed by atoms with Crippen LogP contribution in [0.5, 0.6) is 11.5 Å². The van der Waals surface area contributed by atoms with E-state index in [1.807, 2.05) is 24.3 Å². The van der Waals surface area contributed by atoms with Crippen LogP contribution < -0.4 is 14.8 Å². The monoisotopic (exact) mass is 410 g/mol. The first kappa shape index (κ1) is 21.4. The normalized spacial score (nSPS) is 18.3. The van der Waals surface area contributed by atoms with Crippen molar-refractivity contribution in [3.8, 4) is 11.5 Å². The van der Waals surface area contributed by atoms with Gasteiger partial charge in [0.25, 0.3) is 5.91 Å². The molecule has 1 aliphatic rings. The van der Waals surface area contributed by atoms with Crippen molar-refractivity contribution in [1.82, 2.24) is 10.2 Å². The van der Waals surface area contributed by atoms with Crippen LogP contribution in [0.2, 0.25) is 0 Å². The Balaban J connectivity index is 1.84. The van der Waals surface area contributed by atoms with Crippen molar-refractivity contribution in [3.05, 3.63) is 59.2 Å². The van der Waals surface area contributed by atoms with Crippen LogP contribution in [-0.2, 0) is 16.8 Å². The SMILES string of the molecule is CCCc1ccc([C@]2(C)NC(=O)N(CC(=O)c3cc(OC)ccc3OC)C2=O)cc1. The van der Waals surface area contributed by atoms with Crippen LogP contribution in [0.1, 0.15) is 41.8 Å². The van der Waals surface area contributed by atoms with E-state index in [0.29, 0.717) is 17.1 Å². The van der Waals surface area contributed by atoms with Gasteiger partial charge in [0, 0.05) is 0 Å². The van der Waals surface area contributed by atoms with Crippen molar-refractivity contribution in [2.75, 3.05) is 20.8 Å². The molecule has 1 heterocycles. The average molecular weight is 410 g/mol. The Morgan fingerprint density at radius 2 is 1.77 bits per heavy atom. The highest BCUT2D eigenvalue weighted by Gasteiger charge is 2.49. The largest absolute Gasteiger partial charge is 0.497 e. The Morgan fingerprint density at radius 3 is 2.37 bits per heavy atom. The third kappa shape index (κ3) is 3.87. The maximum Gasteiger partial charge on any atom is 0.325 e. The third-order valence-corrected chi connectivity index (χ3v) is 5.35. The van der Waals surface area contributed by atoms with Gasteiger partial charge in [-0.2, -0.15) is 0 Å². The van der Waals surface area contributed by atoms with E-state index in [0.717, 1.165) is 17.7 Å². The molecule has 3 rings (SSSR count). The molecule has 1 fully saturated rings. The van der Waals surface area contributed by atoms with Gasteiger partial charge in [-0.05, 0) is 42.7 Å². The Morgan fingerprint density at radius 1 is 1.07 bits per heavy atom. The van der Waals surface area contributed by atoms with Gasteiger partial charge in [-0.15, -0.1) is 0 Å². The van der Waals surface area contributed by atoms with Gasteiger partial charge in [-0.1, -0.05) is 37.6 Å². The molecule has 158 valence electrons. The van der Waals surface area contributed by atoms with E-state index in [2.05, 4.69) is 12.2 Å². The number of benzene rings is 2. The fraction of sp³-hybridized carbons (Fsp3) is 0.348. The zero-order valence-corrected chi connectivity index (χ0v) is 17.7. The number of Topliss-reactive ketones (excluding diaryl/α,β-unsaturated/α-hetero) is 1. The number of hydrogen-bond donors (Lipinski definition) is 1. The lowest BCUT2D eigenvalue weighted by atomic mass is 9.91. The number of imide groups is 1. The highest BCUT2D eigenvalue weighted by Crippen LogP contribution is 2.30. The van der Waals surface area contributed by atoms with Crippen LogP contribution in [0.15, 0.2) is 42.5 Å². The van der Waals surface area contributed by atoms with E-state index in [1.54, 1.807) is 19.1 Å². The lowest BCUT2D eigenvalue weighted by Crippen LogP contribution is -2.41. The summed E-state index contributed by atoms with van der Waals surface area (Å²) in [5.41, 5.74) is 0.865. The number of amides is 3. The van der Waals surface area contributed by atoms with Gasteiger partial charge in [-0.3, -0.25) is 14.5 Å². The summed E-state index contributed by atoms with van der Waals surface area (Å²) in [5, 5.41) is 2.74. The quantitative estimate of drug-likeness (QED) is 0.533. The summed E-state index contributed by atoms with van der Waals surface area (Å²) in [6, 6.07) is 11.8. The molecule has 0 aromatic heterocycles. The molecule has 3 amide bonds. The molecule has 0 radical (unpaired) electrons. The molecule has 0 unspecified atom stereocenters. The van der Waals surface area contributed by atoms with Gasteiger partial charge in [0.2, 0.25) is 0 Å². The summed E-state index contributed by atoms with van der Waals surface area (Å²) in [6.45, 7) is 3.36. The number of rotatable bonds is 8. The van der Waals surface area contributed by atoms with E-state index in [4.69, 9.17) is 9.47 Å². The second-order valence-electron chi connectivity index (χ2n) is 7.38. The van der Waals surface area contributed by atoms with Gasteiger partial charge >= 0.3 is 6.03 Å². The minimum absolute atomic E-state index is 0.245. The molecule has 0 bridgehead atoms. The maximum absolute atomic E-state index is 13.1. The smallest absolute Gasteiger partial charge is 0.325 e. The molecule has 1 aliphatic heterocycles. The zero-order chi connectivity index (χ0) is 21.9. The number of carbonyl (C=O) groups excluding carboxylic acids is 3. The summed E-state index contributed by atoms with van der Waals surface area (Å²) < 4.78 is 10.4. The average Bonchev–Trinajstić information content (AvgIpc) is 2.97. The fourth-order valence-electron chi connectivity index (χ4n) is 3.59. The number of carbonyl (C=O) groups is 3. The molecular formula is C23H26N2O5. The standard InChI is InChI=1S/C23H26N2O5/c1-5-6-15-7-9-16(10-8-15)23(2)21(27)25(22(28)24-23)14-19(26)18-13-17(29-3)11-12-20(18)30-4/h7-13H,5-6,14H2,1-4H3,(H,24,28)/t23-/m0/s1. The number of methoxy groups -OCH3 is 2. The lowest BCUT2D eigenvalue weighted by molar-refractivity contribution is -0.130. The van der Waals surface area contributed by atoms with Gasteiger partial charge in [0.15, 0.2) is 5.78 Å². The summed E-state index contributed by atoms with van der Waals surface area (Å²) in [5.74, 6) is -0.0572. The molecule has 1 N–H and O–H groups in total. The first-order chi connectivity index (χ1) is 14.3. The van der Waals surface area contributed by atoms with E-state index in [1.165, 1.54) is 25.8 Å². The summed E-state index contributed by atoms with van der Waals surface area (Å²) in [6.07, 6.45) is 1.97. The molecule has 2 aromatic rings.